The molecular formula is C21H23NO4. The van der Waals surface area contributed by atoms with Gasteiger partial charge < -0.3 is 19.5 Å². The molecule has 136 valence electrons. The number of ether oxygens (including phenoxy) is 2. The van der Waals surface area contributed by atoms with Crippen molar-refractivity contribution in [2.45, 2.75) is 44.9 Å². The monoisotopic (exact) mass is 353 g/mol. The molecule has 1 N–H and O–H groups in total. The summed E-state index contributed by atoms with van der Waals surface area (Å²) in [6, 6.07) is 11.2. The quantitative estimate of drug-likeness (QED) is 0.891. The molecule has 1 amide bonds. The number of nitrogens with zero attached hydrogens (tertiary/aromatic N) is 1. The smallest absolute Gasteiger partial charge is 0.259 e. The van der Waals surface area contributed by atoms with Gasteiger partial charge in [0, 0.05) is 11.6 Å². The third-order valence-electron chi connectivity index (χ3n) is 5.21. The Kier molecular flexibility index (Phi) is 4.55. The molecule has 2 aromatic rings. The fourth-order valence-electron chi connectivity index (χ4n) is 3.77. The van der Waals surface area contributed by atoms with E-state index in [-0.39, 0.29) is 18.6 Å². The van der Waals surface area contributed by atoms with Crippen molar-refractivity contribution in [2.75, 3.05) is 12.0 Å². The van der Waals surface area contributed by atoms with Crippen LogP contribution in [0.3, 0.4) is 0 Å². The van der Waals surface area contributed by atoms with Gasteiger partial charge in [-0.25, -0.2) is 0 Å². The van der Waals surface area contributed by atoms with Crippen molar-refractivity contribution in [1.29, 1.82) is 0 Å². The van der Waals surface area contributed by atoms with Crippen LogP contribution in [-0.2, 0) is 13.2 Å². The van der Waals surface area contributed by atoms with Crippen LogP contribution in [0.2, 0.25) is 0 Å². The number of amides is 1. The summed E-state index contributed by atoms with van der Waals surface area (Å²) in [5.41, 5.74) is 3.13. The normalized spacial score (nSPS) is 16.8. The first kappa shape index (κ1) is 16.9. The maximum atomic E-state index is 13.0. The van der Waals surface area contributed by atoms with Crippen LogP contribution in [0.25, 0.3) is 0 Å². The Morgan fingerprint density at radius 2 is 1.96 bits per heavy atom. The average molecular weight is 353 g/mol. The van der Waals surface area contributed by atoms with E-state index in [0.717, 1.165) is 29.7 Å². The van der Waals surface area contributed by atoms with Crippen molar-refractivity contribution in [3.8, 4) is 11.5 Å². The Morgan fingerprint density at radius 1 is 1.15 bits per heavy atom. The highest BCUT2D eigenvalue weighted by Gasteiger charge is 2.31. The average Bonchev–Trinajstić information content (AvgIpc) is 3.29. The minimum absolute atomic E-state index is 0.0586. The van der Waals surface area contributed by atoms with Crippen LogP contribution in [0, 0.1) is 0 Å². The van der Waals surface area contributed by atoms with Gasteiger partial charge in [0.05, 0.1) is 32.1 Å². The second kappa shape index (κ2) is 7.00. The van der Waals surface area contributed by atoms with Gasteiger partial charge in [-0.3, -0.25) is 4.79 Å². The number of methoxy groups -OCH3 is 1. The molecule has 2 aliphatic rings. The molecule has 1 aliphatic carbocycles. The minimum Gasteiger partial charge on any atom is -0.497 e. The molecule has 2 aromatic carbocycles. The van der Waals surface area contributed by atoms with Gasteiger partial charge in [-0.2, -0.15) is 0 Å². The minimum atomic E-state index is -0.0703. The first-order valence-corrected chi connectivity index (χ1v) is 9.09. The summed E-state index contributed by atoms with van der Waals surface area (Å²) in [5, 5.41) is 9.34. The Labute approximate surface area is 153 Å². The molecule has 0 aromatic heterocycles. The lowest BCUT2D eigenvalue weighted by molar-refractivity contribution is 0.0994. The van der Waals surface area contributed by atoms with Crippen LogP contribution in [0.4, 0.5) is 5.69 Å². The van der Waals surface area contributed by atoms with Crippen molar-refractivity contribution >= 4 is 11.6 Å². The topological polar surface area (TPSA) is 59.0 Å². The van der Waals surface area contributed by atoms with E-state index in [1.165, 1.54) is 12.8 Å². The standard InChI is InChI=1S/C21H23NO4/c1-25-17-8-9-19(20(11-17)26-16-4-2-3-5-16)22-12-15-7-6-14(13-23)10-18(15)21(22)24/h6-11,16,23H,2-5,12-13H2,1H3. The maximum Gasteiger partial charge on any atom is 0.259 e. The van der Waals surface area contributed by atoms with Gasteiger partial charge in [-0.15, -0.1) is 0 Å². The number of aliphatic hydroxyl groups excluding tert-OH is 1. The van der Waals surface area contributed by atoms with E-state index < -0.39 is 0 Å². The molecule has 1 saturated carbocycles. The van der Waals surface area contributed by atoms with Gasteiger partial charge in [0.1, 0.15) is 11.5 Å². The number of carbonyl (C=O) groups is 1. The van der Waals surface area contributed by atoms with Gasteiger partial charge in [0.2, 0.25) is 0 Å². The second-order valence-electron chi connectivity index (χ2n) is 6.90. The summed E-state index contributed by atoms with van der Waals surface area (Å²) in [4.78, 5) is 14.7. The molecule has 1 heterocycles. The number of aliphatic hydroxyl groups is 1. The molecule has 1 fully saturated rings. The lowest BCUT2D eigenvalue weighted by Gasteiger charge is -2.23. The molecule has 4 rings (SSSR count). The van der Waals surface area contributed by atoms with Crippen molar-refractivity contribution in [1.82, 2.24) is 0 Å². The fourth-order valence-corrected chi connectivity index (χ4v) is 3.77. The van der Waals surface area contributed by atoms with Crippen LogP contribution in [-0.4, -0.2) is 24.2 Å². The summed E-state index contributed by atoms with van der Waals surface area (Å²) in [7, 11) is 1.63. The van der Waals surface area contributed by atoms with E-state index in [1.54, 1.807) is 18.1 Å². The van der Waals surface area contributed by atoms with Crippen molar-refractivity contribution in [2.24, 2.45) is 0 Å². The van der Waals surface area contributed by atoms with E-state index in [1.807, 2.05) is 30.3 Å². The van der Waals surface area contributed by atoms with Gasteiger partial charge >= 0.3 is 0 Å². The Hall–Kier alpha value is -2.53. The Bertz CT molecular complexity index is 827. The number of hydrogen-bond acceptors (Lipinski definition) is 4. The molecule has 5 nitrogen and oxygen atoms in total. The number of fused-ring (bicyclic) bond motifs is 1. The van der Waals surface area contributed by atoms with E-state index >= 15 is 0 Å². The largest absolute Gasteiger partial charge is 0.497 e. The summed E-state index contributed by atoms with van der Waals surface area (Å²) in [6.45, 7) is 0.437. The number of hydrogen-bond donors (Lipinski definition) is 1. The van der Waals surface area contributed by atoms with E-state index in [9.17, 15) is 9.90 Å². The number of benzene rings is 2. The van der Waals surface area contributed by atoms with E-state index in [0.29, 0.717) is 23.6 Å². The highest BCUT2D eigenvalue weighted by atomic mass is 16.5. The zero-order chi connectivity index (χ0) is 18.1. The molecular weight excluding hydrogens is 330 g/mol. The fraction of sp³-hybridized carbons (Fsp3) is 0.381. The lowest BCUT2D eigenvalue weighted by Crippen LogP contribution is -2.24. The van der Waals surface area contributed by atoms with Gasteiger partial charge in [0.15, 0.2) is 0 Å². The van der Waals surface area contributed by atoms with Crippen molar-refractivity contribution in [3.05, 3.63) is 53.1 Å². The molecule has 1 aliphatic heterocycles. The highest BCUT2D eigenvalue weighted by molar-refractivity contribution is 6.10. The molecule has 0 unspecified atom stereocenters. The predicted octanol–water partition coefficient (Wildman–Crippen LogP) is 3.67. The summed E-state index contributed by atoms with van der Waals surface area (Å²) in [6.07, 6.45) is 4.65. The summed E-state index contributed by atoms with van der Waals surface area (Å²) in [5.74, 6) is 1.35. The Morgan fingerprint density at radius 3 is 2.69 bits per heavy atom. The van der Waals surface area contributed by atoms with E-state index in [4.69, 9.17) is 9.47 Å². The van der Waals surface area contributed by atoms with Crippen molar-refractivity contribution in [3.63, 3.8) is 0 Å². The van der Waals surface area contributed by atoms with E-state index in [2.05, 4.69) is 0 Å². The van der Waals surface area contributed by atoms with Gasteiger partial charge in [0.25, 0.3) is 5.91 Å². The first-order chi connectivity index (χ1) is 12.7. The predicted molar refractivity (Wildman–Crippen MR) is 98.8 cm³/mol. The van der Waals surface area contributed by atoms with Gasteiger partial charge in [-0.1, -0.05) is 12.1 Å². The number of carbonyl (C=O) groups excluding carboxylic acids is 1. The molecule has 0 atom stereocenters. The number of anilines is 1. The van der Waals surface area contributed by atoms with Crippen LogP contribution in [0.15, 0.2) is 36.4 Å². The van der Waals surface area contributed by atoms with Gasteiger partial charge in [-0.05, 0) is 55.0 Å². The van der Waals surface area contributed by atoms with Crippen LogP contribution in [0.1, 0.15) is 47.2 Å². The molecule has 0 saturated heterocycles. The van der Waals surface area contributed by atoms with Crippen LogP contribution in [0.5, 0.6) is 11.5 Å². The van der Waals surface area contributed by atoms with Crippen LogP contribution >= 0.6 is 0 Å². The lowest BCUT2D eigenvalue weighted by atomic mass is 10.1. The molecule has 26 heavy (non-hydrogen) atoms. The maximum absolute atomic E-state index is 13.0. The zero-order valence-corrected chi connectivity index (χ0v) is 14.9. The first-order valence-electron chi connectivity index (χ1n) is 9.09. The van der Waals surface area contributed by atoms with Crippen LogP contribution < -0.4 is 14.4 Å². The highest BCUT2D eigenvalue weighted by Crippen LogP contribution is 2.39. The molecule has 5 heteroatoms. The molecule has 0 radical (unpaired) electrons. The Balaban J connectivity index is 1.67. The number of rotatable bonds is 5. The molecule has 0 spiro atoms. The zero-order valence-electron chi connectivity index (χ0n) is 14.9. The van der Waals surface area contributed by atoms with Crippen molar-refractivity contribution < 1.29 is 19.4 Å². The summed E-state index contributed by atoms with van der Waals surface area (Å²) >= 11 is 0. The molecule has 0 bridgehead atoms. The third-order valence-corrected chi connectivity index (χ3v) is 5.21. The third kappa shape index (κ3) is 3.03. The SMILES string of the molecule is COc1ccc(N2Cc3ccc(CO)cc3C2=O)c(OC2CCCC2)c1. The summed E-state index contributed by atoms with van der Waals surface area (Å²) < 4.78 is 11.6. The second-order valence-corrected chi connectivity index (χ2v) is 6.90.